The van der Waals surface area contributed by atoms with Crippen LogP contribution in [0.4, 0.5) is 10.7 Å². The molecule has 6 aromatic rings. The van der Waals surface area contributed by atoms with Crippen LogP contribution >= 0.6 is 35.1 Å². The van der Waals surface area contributed by atoms with Gasteiger partial charge < -0.3 is 20.7 Å². The molecule has 1 atom stereocenters. The lowest BCUT2D eigenvalue weighted by molar-refractivity contribution is -0.124. The van der Waals surface area contributed by atoms with Gasteiger partial charge in [-0.1, -0.05) is 119 Å². The first-order valence-electron chi connectivity index (χ1n) is 24.3. The molecule has 5 heterocycles. The van der Waals surface area contributed by atoms with Gasteiger partial charge in [-0.3, -0.25) is 9.59 Å². The Kier molecular flexibility index (Phi) is 19.6. The van der Waals surface area contributed by atoms with Gasteiger partial charge in [-0.2, -0.15) is 29.2 Å². The summed E-state index contributed by atoms with van der Waals surface area (Å²) in [6, 6.07) is 16.1. The third kappa shape index (κ3) is 15.0. The topological polar surface area (TPSA) is 188 Å². The summed E-state index contributed by atoms with van der Waals surface area (Å²) >= 11 is 8.97. The van der Waals surface area contributed by atoms with Gasteiger partial charge in [0, 0.05) is 62.0 Å². The van der Waals surface area contributed by atoms with E-state index in [4.69, 9.17) is 22.1 Å². The number of ketones is 2. The number of rotatable bonds is 14. The number of Topliss-reactive ketones (excluding diaryl/α,β-unsaturated/α-hetero) is 2. The highest BCUT2D eigenvalue weighted by Crippen LogP contribution is 2.28. The highest BCUT2D eigenvalue weighted by Gasteiger charge is 2.31. The van der Waals surface area contributed by atoms with E-state index >= 15 is 0 Å². The van der Waals surface area contributed by atoms with Gasteiger partial charge in [0.2, 0.25) is 11.2 Å². The van der Waals surface area contributed by atoms with E-state index in [0.717, 1.165) is 70.4 Å². The Balaban J connectivity index is 0.000000205. The van der Waals surface area contributed by atoms with Crippen molar-refractivity contribution in [2.45, 2.75) is 147 Å². The van der Waals surface area contributed by atoms with E-state index in [9.17, 15) is 14.4 Å². The monoisotopic (exact) mass is 1010 g/mol. The van der Waals surface area contributed by atoms with Crippen LogP contribution < -0.4 is 11.1 Å². The summed E-state index contributed by atoms with van der Waals surface area (Å²) < 4.78 is 8.83. The minimum atomic E-state index is -0.550. The van der Waals surface area contributed by atoms with E-state index in [-0.39, 0.29) is 17.8 Å². The van der Waals surface area contributed by atoms with Gasteiger partial charge in [0.05, 0.1) is 12.4 Å². The first-order valence-corrected chi connectivity index (χ1v) is 27.2. The molecule has 0 bridgehead atoms. The number of aromatic nitrogens is 8. The van der Waals surface area contributed by atoms with Crippen molar-refractivity contribution in [1.29, 1.82) is 0 Å². The molecule has 2 aliphatic rings. The molecule has 1 amide bonds. The van der Waals surface area contributed by atoms with Crippen molar-refractivity contribution in [3.8, 4) is 0 Å². The summed E-state index contributed by atoms with van der Waals surface area (Å²) in [5, 5.41) is 13.8. The number of thioether (sulfide) groups is 2. The number of benzene rings is 2. The van der Waals surface area contributed by atoms with Crippen molar-refractivity contribution in [3.63, 3.8) is 0 Å². The van der Waals surface area contributed by atoms with Crippen LogP contribution in [0.2, 0.25) is 5.28 Å². The van der Waals surface area contributed by atoms with Crippen LogP contribution in [0, 0.1) is 11.8 Å². The molecule has 18 heteroatoms. The number of fused-ring (bicyclic) bond motifs is 2. The summed E-state index contributed by atoms with van der Waals surface area (Å²) in [7, 11) is 0. The number of carbonyl (C=O) groups is 3. The number of nitrogens with one attached hydrogen (secondary N) is 1. The van der Waals surface area contributed by atoms with E-state index in [1.165, 1.54) is 42.8 Å². The fraction of sp³-hybridized carbons (Fsp3) is 0.519. The van der Waals surface area contributed by atoms with E-state index < -0.39 is 5.60 Å². The Labute approximate surface area is 426 Å². The molecule has 2 aromatic carbocycles. The molecule has 70 heavy (non-hydrogen) atoms. The maximum Gasteiger partial charge on any atom is 0.410 e. The smallest absolute Gasteiger partial charge is 0.410 e. The number of carbonyl (C=O) groups excluding carboxylic acids is 3. The maximum atomic E-state index is 13.2. The molecular formula is C52H70ClN11O4S2. The van der Waals surface area contributed by atoms with Crippen molar-refractivity contribution in [2.24, 2.45) is 17.6 Å². The van der Waals surface area contributed by atoms with Crippen molar-refractivity contribution >= 4 is 70.0 Å². The van der Waals surface area contributed by atoms with Gasteiger partial charge in [-0.25, -0.2) is 14.8 Å². The normalized spacial score (nSPS) is 15.4. The van der Waals surface area contributed by atoms with Crippen LogP contribution in [-0.4, -0.2) is 92.9 Å². The summed E-state index contributed by atoms with van der Waals surface area (Å²) in [5.74, 6) is 2.03. The van der Waals surface area contributed by atoms with Gasteiger partial charge in [0.25, 0.3) is 0 Å². The largest absolute Gasteiger partial charge is 0.444 e. The van der Waals surface area contributed by atoms with Crippen molar-refractivity contribution < 1.29 is 19.1 Å². The average molecular weight is 1010 g/mol. The molecule has 4 aromatic heterocycles. The van der Waals surface area contributed by atoms with E-state index in [2.05, 4.69) is 75.3 Å². The predicted molar refractivity (Wildman–Crippen MR) is 281 cm³/mol. The number of amides is 1. The van der Waals surface area contributed by atoms with Crippen LogP contribution in [0.5, 0.6) is 0 Å². The number of hydrogen-bond acceptors (Lipinski definition) is 14. The van der Waals surface area contributed by atoms with Gasteiger partial charge in [0.15, 0.2) is 21.6 Å². The summed E-state index contributed by atoms with van der Waals surface area (Å²) in [5.41, 5.74) is 13.1. The number of ether oxygens (including phenoxy) is 1. The quantitative estimate of drug-likeness (QED) is 0.0981. The Bertz CT molecular complexity index is 2710. The molecular weight excluding hydrogens is 942 g/mol. The molecule has 1 saturated carbocycles. The summed E-state index contributed by atoms with van der Waals surface area (Å²) in [4.78, 5) is 57.3. The zero-order valence-corrected chi connectivity index (χ0v) is 44.6. The fourth-order valence-electron chi connectivity index (χ4n) is 8.58. The van der Waals surface area contributed by atoms with E-state index in [0.29, 0.717) is 84.1 Å². The second kappa shape index (κ2) is 25.3. The molecule has 1 unspecified atom stereocenters. The van der Waals surface area contributed by atoms with E-state index in [1.807, 2.05) is 75.9 Å². The molecule has 0 radical (unpaired) electrons. The highest BCUT2D eigenvalue weighted by molar-refractivity contribution is 7.98. The van der Waals surface area contributed by atoms with Crippen molar-refractivity contribution in [2.75, 3.05) is 30.9 Å². The Morgan fingerprint density at radius 2 is 1.27 bits per heavy atom. The summed E-state index contributed by atoms with van der Waals surface area (Å²) in [6.45, 7) is 16.1. The second-order valence-electron chi connectivity index (χ2n) is 19.6. The Morgan fingerprint density at radius 3 is 1.86 bits per heavy atom. The maximum absolute atomic E-state index is 13.2. The average Bonchev–Trinajstić information content (AvgIpc) is 3.99. The van der Waals surface area contributed by atoms with Gasteiger partial charge in [-0.15, -0.1) is 0 Å². The first kappa shape index (κ1) is 54.2. The number of halogens is 1. The summed E-state index contributed by atoms with van der Waals surface area (Å²) in [6.07, 6.45) is 15.6. The molecule has 15 nitrogen and oxygen atoms in total. The van der Waals surface area contributed by atoms with Crippen LogP contribution in [0.1, 0.15) is 139 Å². The number of nitrogens with two attached hydrogens (primary N) is 1. The molecule has 3 N–H and O–H groups in total. The second-order valence-corrected chi connectivity index (χ2v) is 21.5. The Hall–Kier alpha value is -5.10. The lowest BCUT2D eigenvalue weighted by atomic mass is 9.84. The third-order valence-corrected chi connectivity index (χ3v) is 13.7. The minimum Gasteiger partial charge on any atom is -0.444 e. The zero-order chi connectivity index (χ0) is 50.5. The molecule has 8 rings (SSSR count). The molecule has 1 saturated heterocycles. The van der Waals surface area contributed by atoms with Crippen LogP contribution in [0.15, 0.2) is 71.2 Å². The molecule has 1 aliphatic carbocycles. The van der Waals surface area contributed by atoms with Gasteiger partial charge in [0.1, 0.15) is 17.2 Å². The van der Waals surface area contributed by atoms with Gasteiger partial charge in [-0.05, 0) is 105 Å². The highest BCUT2D eigenvalue weighted by atomic mass is 35.5. The standard InChI is InChI=1S/C28H38N6O3S.C15H21NO.C9H11ClN4S/c1-18(2)22-16-30-34-24(22)31-26(38-6)32-25(34)29-15-20-10-7-9-19(13-20)14-23(35)21-11-8-12-33(17-21)27(36)37-28(3,4)5;16-11-13-6-4-5-12(9-13)10-15(17)14-7-2-1-3-8-14;1-5(2)6-4-11-14-7(6)12-9(15-3)13-8(14)10/h7,9-10,13,16,18,21H,8,11-12,14-15,17H2,1-6H3,(H,29,31,32);4-6,9,14H,1-3,7-8,10-11,16H2;4-5H,1-3H3. The van der Waals surface area contributed by atoms with Crippen LogP contribution in [0.25, 0.3) is 11.3 Å². The zero-order valence-electron chi connectivity index (χ0n) is 42.2. The van der Waals surface area contributed by atoms with E-state index in [1.54, 1.807) is 20.1 Å². The number of hydrogen-bond donors (Lipinski definition) is 2. The molecule has 376 valence electrons. The number of likely N-dealkylation sites (tertiary alicyclic amines) is 1. The number of nitrogens with zero attached hydrogens (tertiary/aromatic N) is 9. The fourth-order valence-corrected chi connectivity index (χ4v) is 9.54. The minimum absolute atomic E-state index is 0.156. The molecule has 0 spiro atoms. The third-order valence-electron chi connectivity index (χ3n) is 12.3. The Morgan fingerprint density at radius 1 is 0.743 bits per heavy atom. The van der Waals surface area contributed by atoms with Crippen molar-refractivity contribution in [1.82, 2.24) is 44.1 Å². The lowest BCUT2D eigenvalue weighted by Gasteiger charge is -2.33. The predicted octanol–water partition coefficient (Wildman–Crippen LogP) is 10.8. The van der Waals surface area contributed by atoms with Gasteiger partial charge >= 0.3 is 6.09 Å². The lowest BCUT2D eigenvalue weighted by Crippen LogP contribution is -2.44. The van der Waals surface area contributed by atoms with Crippen LogP contribution in [0.3, 0.4) is 0 Å². The SMILES string of the molecule is CSc1nc(Cl)n2ncc(C(C)C)c2n1.CSc1nc(NCc2cccc(CC(=O)C3CCCN(C(=O)OC(C)(C)C)C3)c2)n2ncc(C(C)C)c2n1.NCc1cccc(CC(=O)C2CCCCC2)c1. The number of anilines is 1. The van der Waals surface area contributed by atoms with Crippen molar-refractivity contribution in [3.05, 3.63) is 99.6 Å². The van der Waals surface area contributed by atoms with Crippen LogP contribution in [-0.2, 0) is 40.3 Å². The molecule has 2 fully saturated rings. The molecule has 1 aliphatic heterocycles. The number of piperidine rings is 1. The first-order chi connectivity index (χ1) is 33.5.